The number of carbonyl (C=O) groups excluding carboxylic acids is 1. The van der Waals surface area contributed by atoms with Gasteiger partial charge in [-0.15, -0.1) is 0 Å². The normalized spacial score (nSPS) is 23.4. The molecule has 1 aliphatic carbocycles. The Labute approximate surface area is 121 Å². The second kappa shape index (κ2) is 5.94. The van der Waals surface area contributed by atoms with Gasteiger partial charge in [-0.25, -0.2) is 4.98 Å². The molecule has 0 aromatic carbocycles. The van der Waals surface area contributed by atoms with Gasteiger partial charge in [0, 0.05) is 12.1 Å². The summed E-state index contributed by atoms with van der Waals surface area (Å²) in [4.78, 5) is 16.8. The highest BCUT2D eigenvalue weighted by atomic mass is 16.5. The number of rotatable bonds is 3. The summed E-state index contributed by atoms with van der Waals surface area (Å²) in [5.74, 6) is 1.57. The van der Waals surface area contributed by atoms with Crippen LogP contribution in [0.1, 0.15) is 56.9 Å². The van der Waals surface area contributed by atoms with Crippen LogP contribution < -0.4 is 4.74 Å². The molecule has 3 nitrogen and oxygen atoms in total. The largest absolute Gasteiger partial charge is 0.494 e. The Balaban J connectivity index is 2.05. The number of hydrogen-bond acceptors (Lipinski definition) is 3. The fourth-order valence-electron chi connectivity index (χ4n) is 3.16. The molecule has 0 saturated heterocycles. The van der Waals surface area contributed by atoms with Crippen LogP contribution in [-0.2, 0) is 0 Å². The fourth-order valence-corrected chi connectivity index (χ4v) is 3.16. The molecule has 1 aromatic rings. The van der Waals surface area contributed by atoms with Gasteiger partial charge in [-0.3, -0.25) is 4.79 Å². The minimum absolute atomic E-state index is 0.109. The van der Waals surface area contributed by atoms with E-state index in [4.69, 9.17) is 4.74 Å². The van der Waals surface area contributed by atoms with Crippen LogP contribution in [0.3, 0.4) is 0 Å². The van der Waals surface area contributed by atoms with Gasteiger partial charge in [-0.1, -0.05) is 20.8 Å². The Hall–Kier alpha value is -1.38. The Morgan fingerprint density at radius 1 is 1.25 bits per heavy atom. The van der Waals surface area contributed by atoms with E-state index in [9.17, 15) is 4.79 Å². The van der Waals surface area contributed by atoms with Crippen molar-refractivity contribution in [3.8, 4) is 5.75 Å². The molecule has 1 aromatic heterocycles. The van der Waals surface area contributed by atoms with E-state index in [0.29, 0.717) is 16.9 Å². The molecule has 20 heavy (non-hydrogen) atoms. The van der Waals surface area contributed by atoms with Gasteiger partial charge in [0.15, 0.2) is 5.78 Å². The van der Waals surface area contributed by atoms with Crippen LogP contribution >= 0.6 is 0 Å². The summed E-state index contributed by atoms with van der Waals surface area (Å²) in [5, 5.41) is 0. The third kappa shape index (κ3) is 3.20. The molecule has 0 amide bonds. The molecule has 1 aliphatic rings. The van der Waals surface area contributed by atoms with E-state index < -0.39 is 0 Å². The average Bonchev–Trinajstić information content (AvgIpc) is 2.45. The van der Waals surface area contributed by atoms with E-state index in [1.54, 1.807) is 25.4 Å². The molecule has 0 bridgehead atoms. The van der Waals surface area contributed by atoms with Gasteiger partial charge in [0.25, 0.3) is 0 Å². The maximum Gasteiger partial charge on any atom is 0.188 e. The molecule has 0 atom stereocenters. The maximum absolute atomic E-state index is 12.6. The standard InChI is InChI=1S/C17H25NO2/c1-17(2,3)13-9-7-12(8-10-13)16(19)15-14(20-4)6-5-11-18-15/h5-6,11-13H,7-10H2,1-4H3. The van der Waals surface area contributed by atoms with Crippen molar-refractivity contribution >= 4 is 5.78 Å². The number of methoxy groups -OCH3 is 1. The van der Waals surface area contributed by atoms with E-state index in [0.717, 1.165) is 31.6 Å². The third-order valence-electron chi connectivity index (χ3n) is 4.55. The first-order valence-corrected chi connectivity index (χ1v) is 7.46. The molecule has 1 saturated carbocycles. The average molecular weight is 275 g/mol. The number of pyridine rings is 1. The number of ketones is 1. The molecular formula is C17H25NO2. The second-order valence-corrected chi connectivity index (χ2v) is 6.83. The summed E-state index contributed by atoms with van der Waals surface area (Å²) in [7, 11) is 1.59. The van der Waals surface area contributed by atoms with Crippen LogP contribution in [0.4, 0.5) is 0 Å². The van der Waals surface area contributed by atoms with Crippen molar-refractivity contribution in [2.75, 3.05) is 7.11 Å². The van der Waals surface area contributed by atoms with Crippen molar-refractivity contribution in [1.29, 1.82) is 0 Å². The van der Waals surface area contributed by atoms with Crippen LogP contribution in [0, 0.1) is 17.3 Å². The van der Waals surface area contributed by atoms with Gasteiger partial charge in [-0.05, 0) is 49.1 Å². The number of carbonyl (C=O) groups is 1. The van der Waals surface area contributed by atoms with Crippen LogP contribution in [0.5, 0.6) is 5.75 Å². The first kappa shape index (κ1) is 15.0. The zero-order valence-electron chi connectivity index (χ0n) is 13.0. The third-order valence-corrected chi connectivity index (χ3v) is 4.55. The van der Waals surface area contributed by atoms with Crippen molar-refractivity contribution in [1.82, 2.24) is 4.98 Å². The lowest BCUT2D eigenvalue weighted by molar-refractivity contribution is 0.0811. The summed E-state index contributed by atoms with van der Waals surface area (Å²) < 4.78 is 5.25. The zero-order chi connectivity index (χ0) is 14.8. The predicted octanol–water partition coefficient (Wildman–Crippen LogP) is 4.13. The van der Waals surface area contributed by atoms with E-state index >= 15 is 0 Å². The highest BCUT2D eigenvalue weighted by Crippen LogP contribution is 2.40. The van der Waals surface area contributed by atoms with E-state index in [1.165, 1.54) is 0 Å². The van der Waals surface area contributed by atoms with Gasteiger partial charge in [-0.2, -0.15) is 0 Å². The lowest BCUT2D eigenvalue weighted by atomic mass is 9.69. The molecule has 110 valence electrons. The van der Waals surface area contributed by atoms with Gasteiger partial charge >= 0.3 is 0 Å². The van der Waals surface area contributed by atoms with Crippen molar-refractivity contribution in [2.24, 2.45) is 17.3 Å². The topological polar surface area (TPSA) is 39.2 Å². The molecule has 3 heteroatoms. The van der Waals surface area contributed by atoms with Crippen LogP contribution in [0.25, 0.3) is 0 Å². The lowest BCUT2D eigenvalue weighted by Gasteiger charge is -2.36. The smallest absolute Gasteiger partial charge is 0.188 e. The Morgan fingerprint density at radius 3 is 2.45 bits per heavy atom. The van der Waals surface area contributed by atoms with Crippen molar-refractivity contribution in [2.45, 2.75) is 46.5 Å². The molecule has 0 N–H and O–H groups in total. The number of nitrogens with zero attached hydrogens (tertiary/aromatic N) is 1. The molecule has 0 spiro atoms. The SMILES string of the molecule is COc1cccnc1C(=O)C1CCC(C(C)(C)C)CC1. The summed E-state index contributed by atoms with van der Waals surface area (Å²) >= 11 is 0. The van der Waals surface area contributed by atoms with Gasteiger partial charge in [0.05, 0.1) is 7.11 Å². The molecule has 2 rings (SSSR count). The predicted molar refractivity (Wildman–Crippen MR) is 80.0 cm³/mol. The van der Waals surface area contributed by atoms with Gasteiger partial charge in [0.2, 0.25) is 0 Å². The molecule has 0 radical (unpaired) electrons. The van der Waals surface area contributed by atoms with Crippen LogP contribution in [-0.4, -0.2) is 17.9 Å². The second-order valence-electron chi connectivity index (χ2n) is 6.83. The van der Waals surface area contributed by atoms with Crippen molar-refractivity contribution < 1.29 is 9.53 Å². The fraction of sp³-hybridized carbons (Fsp3) is 0.647. The highest BCUT2D eigenvalue weighted by molar-refractivity contribution is 5.98. The molecule has 0 unspecified atom stereocenters. The molecular weight excluding hydrogens is 250 g/mol. The Morgan fingerprint density at radius 2 is 1.90 bits per heavy atom. The van der Waals surface area contributed by atoms with Gasteiger partial charge < -0.3 is 4.74 Å². The minimum atomic E-state index is 0.109. The van der Waals surface area contributed by atoms with E-state index in [1.807, 2.05) is 0 Å². The highest BCUT2D eigenvalue weighted by Gasteiger charge is 2.33. The molecule has 0 aliphatic heterocycles. The minimum Gasteiger partial charge on any atom is -0.494 e. The van der Waals surface area contributed by atoms with Crippen LogP contribution in [0.2, 0.25) is 0 Å². The maximum atomic E-state index is 12.6. The summed E-state index contributed by atoms with van der Waals surface area (Å²) in [5.41, 5.74) is 0.839. The summed E-state index contributed by atoms with van der Waals surface area (Å²) in [6.45, 7) is 6.88. The van der Waals surface area contributed by atoms with E-state index in [2.05, 4.69) is 25.8 Å². The van der Waals surface area contributed by atoms with E-state index in [-0.39, 0.29) is 11.7 Å². The monoisotopic (exact) mass is 275 g/mol. The van der Waals surface area contributed by atoms with Crippen molar-refractivity contribution in [3.05, 3.63) is 24.0 Å². The first-order chi connectivity index (χ1) is 9.43. The Bertz CT molecular complexity index is 468. The number of ether oxygens (including phenoxy) is 1. The summed E-state index contributed by atoms with van der Waals surface area (Å²) in [6, 6.07) is 3.60. The zero-order valence-corrected chi connectivity index (χ0v) is 13.0. The lowest BCUT2D eigenvalue weighted by Crippen LogP contribution is -2.29. The van der Waals surface area contributed by atoms with Crippen LogP contribution in [0.15, 0.2) is 18.3 Å². The first-order valence-electron chi connectivity index (χ1n) is 7.46. The number of Topliss-reactive ketones (excluding diaryl/α,β-unsaturated/α-hetero) is 1. The number of hydrogen-bond donors (Lipinski definition) is 0. The molecule has 1 fully saturated rings. The quantitative estimate of drug-likeness (QED) is 0.779. The number of aromatic nitrogens is 1. The Kier molecular flexibility index (Phi) is 4.46. The molecule has 1 heterocycles. The van der Waals surface area contributed by atoms with Crippen molar-refractivity contribution in [3.63, 3.8) is 0 Å². The van der Waals surface area contributed by atoms with Gasteiger partial charge in [0.1, 0.15) is 11.4 Å². The summed E-state index contributed by atoms with van der Waals surface area (Å²) in [6.07, 6.45) is 5.88.